The minimum absolute atomic E-state index is 0.0163. The molecule has 130 valence electrons. The average Bonchev–Trinajstić information content (AvgIpc) is 3.00. The van der Waals surface area contributed by atoms with Gasteiger partial charge in [-0.05, 0) is 61.8 Å². The molecule has 1 amide bonds. The van der Waals surface area contributed by atoms with Crippen LogP contribution in [-0.2, 0) is 22.4 Å². The van der Waals surface area contributed by atoms with E-state index in [2.05, 4.69) is 11.4 Å². The number of amides is 1. The van der Waals surface area contributed by atoms with Crippen LogP contribution in [0.5, 0.6) is 5.75 Å². The van der Waals surface area contributed by atoms with Gasteiger partial charge in [0.25, 0.3) is 5.91 Å². The summed E-state index contributed by atoms with van der Waals surface area (Å²) < 4.78 is 5.63. The molecule has 3 rings (SSSR count). The summed E-state index contributed by atoms with van der Waals surface area (Å²) in [4.78, 5) is 23.3. The van der Waals surface area contributed by atoms with E-state index in [9.17, 15) is 9.59 Å². The normalized spacial score (nSPS) is 18.7. The third-order valence-corrected chi connectivity index (χ3v) is 5.14. The summed E-state index contributed by atoms with van der Waals surface area (Å²) in [5.74, 6) is -0.395. The summed E-state index contributed by atoms with van der Waals surface area (Å²) in [6.45, 7) is -0.0693. The van der Waals surface area contributed by atoms with Crippen molar-refractivity contribution in [3.63, 3.8) is 0 Å². The Morgan fingerprint density at radius 2 is 1.79 bits per heavy atom. The first-order valence-corrected chi connectivity index (χ1v) is 8.84. The van der Waals surface area contributed by atoms with Crippen LogP contribution in [0.4, 0.5) is 0 Å². The summed E-state index contributed by atoms with van der Waals surface area (Å²) >= 11 is 0. The van der Waals surface area contributed by atoms with Crippen molar-refractivity contribution in [1.29, 1.82) is 0 Å². The molecule has 24 heavy (non-hydrogen) atoms. The molecule has 0 bridgehead atoms. The molecule has 2 aliphatic carbocycles. The molecule has 0 radical (unpaired) electrons. The lowest BCUT2D eigenvalue weighted by atomic mass is 9.92. The molecular formula is C19H25NO4. The lowest BCUT2D eigenvalue weighted by Crippen LogP contribution is -2.49. The van der Waals surface area contributed by atoms with Gasteiger partial charge in [-0.1, -0.05) is 18.9 Å². The van der Waals surface area contributed by atoms with E-state index in [1.165, 1.54) is 24.0 Å². The Bertz CT molecular complexity index is 620. The molecule has 0 saturated heterocycles. The molecule has 0 atom stereocenters. The molecule has 0 spiro atoms. The van der Waals surface area contributed by atoms with E-state index >= 15 is 0 Å². The fourth-order valence-corrected chi connectivity index (χ4v) is 3.97. The van der Waals surface area contributed by atoms with Crippen LogP contribution >= 0.6 is 0 Å². The number of carbonyl (C=O) groups is 2. The Labute approximate surface area is 142 Å². The van der Waals surface area contributed by atoms with Crippen molar-refractivity contribution in [2.75, 3.05) is 6.61 Å². The maximum absolute atomic E-state index is 12.2. The van der Waals surface area contributed by atoms with Crippen molar-refractivity contribution in [2.45, 2.75) is 63.3 Å². The van der Waals surface area contributed by atoms with Crippen LogP contribution in [0.15, 0.2) is 18.2 Å². The predicted molar refractivity (Wildman–Crippen MR) is 90.2 cm³/mol. The smallest absolute Gasteiger partial charge is 0.305 e. The zero-order chi connectivity index (χ0) is 17.0. The van der Waals surface area contributed by atoms with E-state index in [4.69, 9.17) is 9.84 Å². The number of fused-ring (bicyclic) bond motifs is 1. The Morgan fingerprint density at radius 1 is 1.08 bits per heavy atom. The first kappa shape index (κ1) is 16.8. The molecule has 5 nitrogen and oxygen atoms in total. The number of hydrogen-bond donors (Lipinski definition) is 2. The van der Waals surface area contributed by atoms with Gasteiger partial charge in [-0.2, -0.15) is 0 Å². The number of hydrogen-bond acceptors (Lipinski definition) is 3. The van der Waals surface area contributed by atoms with Gasteiger partial charge in [0.2, 0.25) is 0 Å². The van der Waals surface area contributed by atoms with E-state index in [1.54, 1.807) is 0 Å². The molecule has 0 aromatic heterocycles. The molecule has 1 aromatic rings. The number of nitrogens with one attached hydrogen (secondary N) is 1. The molecular weight excluding hydrogens is 306 g/mol. The van der Waals surface area contributed by atoms with E-state index in [0.717, 1.165) is 38.5 Å². The van der Waals surface area contributed by atoms with Crippen LogP contribution in [0.25, 0.3) is 0 Å². The Morgan fingerprint density at radius 3 is 2.50 bits per heavy atom. The SMILES string of the molecule is O=C(O)CC1(NC(=O)COc2ccc3c(c2)CCCC3)CCCC1. The number of aliphatic carboxylic acids is 1. The van der Waals surface area contributed by atoms with Crippen LogP contribution in [0, 0.1) is 0 Å². The predicted octanol–water partition coefficient (Wildman–Crippen LogP) is 2.85. The van der Waals surface area contributed by atoms with Crippen LogP contribution in [0.2, 0.25) is 0 Å². The van der Waals surface area contributed by atoms with Gasteiger partial charge in [-0.25, -0.2) is 0 Å². The number of rotatable bonds is 6. The molecule has 2 N–H and O–H groups in total. The third kappa shape index (κ3) is 4.08. The monoisotopic (exact) mass is 331 g/mol. The highest BCUT2D eigenvalue weighted by molar-refractivity contribution is 5.79. The van der Waals surface area contributed by atoms with E-state index in [0.29, 0.717) is 5.75 Å². The number of aryl methyl sites for hydroxylation is 2. The fraction of sp³-hybridized carbons (Fsp3) is 0.579. The van der Waals surface area contributed by atoms with Crippen molar-refractivity contribution in [3.05, 3.63) is 29.3 Å². The first-order chi connectivity index (χ1) is 11.6. The second-order valence-electron chi connectivity index (χ2n) is 7.03. The molecule has 1 saturated carbocycles. The van der Waals surface area contributed by atoms with Crippen molar-refractivity contribution < 1.29 is 19.4 Å². The van der Waals surface area contributed by atoms with E-state index < -0.39 is 11.5 Å². The summed E-state index contributed by atoms with van der Waals surface area (Å²) in [5, 5.41) is 12.0. The lowest BCUT2D eigenvalue weighted by Gasteiger charge is -2.28. The zero-order valence-electron chi connectivity index (χ0n) is 14.0. The van der Waals surface area contributed by atoms with Crippen molar-refractivity contribution in [1.82, 2.24) is 5.32 Å². The first-order valence-electron chi connectivity index (χ1n) is 8.84. The molecule has 2 aliphatic rings. The Hall–Kier alpha value is -2.04. The molecule has 1 fully saturated rings. The highest BCUT2D eigenvalue weighted by Crippen LogP contribution is 2.32. The maximum Gasteiger partial charge on any atom is 0.305 e. The van der Waals surface area contributed by atoms with Crippen molar-refractivity contribution >= 4 is 11.9 Å². The van der Waals surface area contributed by atoms with Crippen LogP contribution in [-0.4, -0.2) is 29.1 Å². The third-order valence-electron chi connectivity index (χ3n) is 5.14. The number of ether oxygens (including phenoxy) is 1. The molecule has 0 heterocycles. The maximum atomic E-state index is 12.2. The summed E-state index contributed by atoms with van der Waals surface area (Å²) in [5.41, 5.74) is 2.10. The average molecular weight is 331 g/mol. The summed E-state index contributed by atoms with van der Waals surface area (Å²) in [6.07, 6.45) is 7.98. The van der Waals surface area contributed by atoms with Crippen LogP contribution in [0.1, 0.15) is 56.1 Å². The lowest BCUT2D eigenvalue weighted by molar-refractivity contribution is -0.139. The van der Waals surface area contributed by atoms with E-state index in [1.807, 2.05) is 12.1 Å². The van der Waals surface area contributed by atoms with Gasteiger partial charge in [-0.15, -0.1) is 0 Å². The second kappa shape index (κ2) is 7.24. The highest BCUT2D eigenvalue weighted by atomic mass is 16.5. The quantitative estimate of drug-likeness (QED) is 0.840. The second-order valence-corrected chi connectivity index (χ2v) is 7.03. The molecule has 1 aromatic carbocycles. The van der Waals surface area contributed by atoms with Gasteiger partial charge in [-0.3, -0.25) is 9.59 Å². The summed E-state index contributed by atoms with van der Waals surface area (Å²) in [6, 6.07) is 6.04. The summed E-state index contributed by atoms with van der Waals surface area (Å²) in [7, 11) is 0. The number of carboxylic acids is 1. The minimum Gasteiger partial charge on any atom is -0.484 e. The molecule has 0 unspecified atom stereocenters. The minimum atomic E-state index is -0.868. The Kier molecular flexibility index (Phi) is 5.07. The van der Waals surface area contributed by atoms with Gasteiger partial charge in [0.15, 0.2) is 6.61 Å². The molecule has 0 aliphatic heterocycles. The Balaban J connectivity index is 1.56. The van der Waals surface area contributed by atoms with Crippen LogP contribution in [0.3, 0.4) is 0 Å². The van der Waals surface area contributed by atoms with Gasteiger partial charge in [0.05, 0.1) is 12.0 Å². The van der Waals surface area contributed by atoms with Crippen molar-refractivity contribution in [2.24, 2.45) is 0 Å². The van der Waals surface area contributed by atoms with Crippen LogP contribution < -0.4 is 10.1 Å². The topological polar surface area (TPSA) is 75.6 Å². The van der Waals surface area contributed by atoms with Gasteiger partial charge >= 0.3 is 5.97 Å². The largest absolute Gasteiger partial charge is 0.484 e. The van der Waals surface area contributed by atoms with Crippen molar-refractivity contribution in [3.8, 4) is 5.75 Å². The van der Waals surface area contributed by atoms with Gasteiger partial charge in [0.1, 0.15) is 5.75 Å². The molecule has 5 heteroatoms. The number of carboxylic acid groups (broad SMARTS) is 1. The number of carbonyl (C=O) groups excluding carboxylic acids is 1. The van der Waals surface area contributed by atoms with Gasteiger partial charge < -0.3 is 15.2 Å². The zero-order valence-corrected chi connectivity index (χ0v) is 14.0. The highest BCUT2D eigenvalue weighted by Gasteiger charge is 2.37. The number of benzene rings is 1. The van der Waals surface area contributed by atoms with Gasteiger partial charge in [0, 0.05) is 0 Å². The standard InChI is InChI=1S/C19H25NO4/c21-17(20-19(12-18(22)23)9-3-4-10-19)13-24-16-8-7-14-5-1-2-6-15(14)11-16/h7-8,11H,1-6,9-10,12-13H2,(H,20,21)(H,22,23). The fourth-order valence-electron chi connectivity index (χ4n) is 3.97. The van der Waals surface area contributed by atoms with E-state index in [-0.39, 0.29) is 18.9 Å².